The molecule has 5 heterocycles. The number of furan rings is 2. The van der Waals surface area contributed by atoms with Crippen LogP contribution in [0.2, 0.25) is 0 Å². The molecule has 0 atom stereocenters. The second kappa shape index (κ2) is 11.4. The third-order valence-corrected chi connectivity index (χ3v) is 10.5. The molecular weight excluding hydrogens is 653 g/mol. The van der Waals surface area contributed by atoms with Crippen molar-refractivity contribution >= 4 is 82.7 Å². The molecule has 0 amide bonds. The third-order valence-electron chi connectivity index (χ3n) is 10.5. The molecule has 0 aliphatic rings. The van der Waals surface area contributed by atoms with Gasteiger partial charge in [-0.25, -0.2) is 0 Å². The molecule has 0 unspecified atom stereocenters. The van der Waals surface area contributed by atoms with Crippen molar-refractivity contribution in [2.75, 3.05) is 4.90 Å². The van der Waals surface area contributed by atoms with E-state index in [2.05, 4.69) is 132 Å². The van der Waals surface area contributed by atoms with Gasteiger partial charge in [0, 0.05) is 67.4 Å². The fourth-order valence-electron chi connectivity index (χ4n) is 7.99. The molecule has 11 rings (SSSR count). The van der Waals surface area contributed by atoms with Crippen LogP contribution in [-0.2, 0) is 7.05 Å². The largest absolute Gasteiger partial charge is 0.454 e. The van der Waals surface area contributed by atoms with Gasteiger partial charge in [-0.2, -0.15) is 0 Å². The minimum absolute atomic E-state index is 0.780. The topological polar surface area (TPSA) is 60.2 Å². The van der Waals surface area contributed by atoms with Crippen molar-refractivity contribution in [2.45, 2.75) is 0 Å². The Morgan fingerprint density at radius 1 is 0.453 bits per heavy atom. The predicted octanol–water partition coefficient (Wildman–Crippen LogP) is 12.7. The Morgan fingerprint density at radius 3 is 1.57 bits per heavy atom. The Hall–Kier alpha value is -7.18. The Labute approximate surface area is 303 Å². The molecule has 6 heteroatoms. The number of aromatic nitrogens is 3. The lowest BCUT2D eigenvalue weighted by molar-refractivity contribution is 0.666. The molecule has 6 aromatic carbocycles. The molecule has 0 fully saturated rings. The molecule has 0 saturated heterocycles. The Kier molecular flexibility index (Phi) is 6.36. The molecule has 0 radical (unpaired) electrons. The summed E-state index contributed by atoms with van der Waals surface area (Å²) in [6.45, 7) is 0. The van der Waals surface area contributed by atoms with Crippen LogP contribution in [0.15, 0.2) is 173 Å². The normalized spacial score (nSPS) is 11.9. The average molecular weight is 683 g/mol. The Morgan fingerprint density at radius 2 is 0.962 bits per heavy atom. The van der Waals surface area contributed by atoms with Gasteiger partial charge in [0.2, 0.25) is 0 Å². The zero-order chi connectivity index (χ0) is 35.0. The van der Waals surface area contributed by atoms with Crippen molar-refractivity contribution in [2.24, 2.45) is 7.05 Å². The maximum Gasteiger partial charge on any atom is 0.153 e. The van der Waals surface area contributed by atoms with Gasteiger partial charge >= 0.3 is 0 Å². The van der Waals surface area contributed by atoms with E-state index in [1.165, 1.54) is 21.8 Å². The number of rotatable bonds is 5. The number of hydrogen-bond acceptors (Lipinski definition) is 5. The Bertz CT molecular complexity index is 3060. The van der Waals surface area contributed by atoms with Crippen molar-refractivity contribution in [3.05, 3.63) is 164 Å². The van der Waals surface area contributed by atoms with Crippen LogP contribution in [0, 0.1) is 0 Å². The quantitative estimate of drug-likeness (QED) is 0.181. The first kappa shape index (κ1) is 29.5. The number of hydrogen-bond donors (Lipinski definition) is 0. The SMILES string of the molecule is Cn1c2ccccc2c2c(N(c3cccc(-c4cc5c(cn4)oc4ccccc45)c3)c3cccc(-c4cc5c(cn4)oc4ccccc45)c3)cccc21. The van der Waals surface area contributed by atoms with Crippen LogP contribution in [0.25, 0.3) is 88.2 Å². The molecule has 0 aliphatic carbocycles. The van der Waals surface area contributed by atoms with Gasteiger partial charge in [0.15, 0.2) is 11.2 Å². The smallest absolute Gasteiger partial charge is 0.153 e. The fourth-order valence-corrected chi connectivity index (χ4v) is 7.99. The van der Waals surface area contributed by atoms with Gasteiger partial charge < -0.3 is 18.3 Å². The molecule has 5 aromatic heterocycles. The minimum Gasteiger partial charge on any atom is -0.454 e. The number of nitrogens with zero attached hydrogens (tertiary/aromatic N) is 4. The number of para-hydroxylation sites is 3. The number of anilines is 3. The molecule has 0 bridgehead atoms. The summed E-state index contributed by atoms with van der Waals surface area (Å²) in [5, 5.41) is 6.66. The van der Waals surface area contributed by atoms with E-state index in [4.69, 9.17) is 18.8 Å². The van der Waals surface area contributed by atoms with E-state index >= 15 is 0 Å². The summed E-state index contributed by atoms with van der Waals surface area (Å²) in [5.41, 5.74) is 12.5. The van der Waals surface area contributed by atoms with Gasteiger partial charge in [-0.1, -0.05) is 84.9 Å². The Balaban J connectivity index is 1.12. The van der Waals surface area contributed by atoms with Gasteiger partial charge in [-0.3, -0.25) is 9.97 Å². The van der Waals surface area contributed by atoms with Crippen LogP contribution in [0.5, 0.6) is 0 Å². The molecule has 0 aliphatic heterocycles. The minimum atomic E-state index is 0.780. The standard InChI is InChI=1S/C47H30N4O2/c1-50-40-18-5-2-17-35(40)47-41(50)19-10-20-42(47)51(31-13-8-11-29(23-31)38-25-36-33-15-3-6-21-43(33)52-45(36)27-48-38)32-14-9-12-30(24-32)39-26-37-34-16-4-7-22-44(34)53-46(37)28-49-39/h2-28H,1H3. The summed E-state index contributed by atoms with van der Waals surface area (Å²) >= 11 is 0. The summed E-state index contributed by atoms with van der Waals surface area (Å²) in [5.74, 6) is 0. The van der Waals surface area contributed by atoms with E-state index in [-0.39, 0.29) is 0 Å². The van der Waals surface area contributed by atoms with Crippen molar-refractivity contribution < 1.29 is 8.83 Å². The van der Waals surface area contributed by atoms with Crippen molar-refractivity contribution in [3.8, 4) is 22.5 Å². The van der Waals surface area contributed by atoms with Gasteiger partial charge in [0.1, 0.15) is 11.2 Å². The highest BCUT2D eigenvalue weighted by molar-refractivity contribution is 6.16. The maximum atomic E-state index is 6.10. The van der Waals surface area contributed by atoms with E-state index in [0.717, 1.165) is 83.5 Å². The molecule has 53 heavy (non-hydrogen) atoms. The van der Waals surface area contributed by atoms with E-state index in [9.17, 15) is 0 Å². The van der Waals surface area contributed by atoms with Crippen LogP contribution in [0.1, 0.15) is 0 Å². The zero-order valence-electron chi connectivity index (χ0n) is 28.7. The highest BCUT2D eigenvalue weighted by Gasteiger charge is 2.21. The molecule has 0 spiro atoms. The van der Waals surface area contributed by atoms with E-state index in [1.54, 1.807) is 0 Å². The molecule has 250 valence electrons. The van der Waals surface area contributed by atoms with Gasteiger partial charge in [0.25, 0.3) is 0 Å². The lowest BCUT2D eigenvalue weighted by Crippen LogP contribution is -2.10. The maximum absolute atomic E-state index is 6.10. The number of aryl methyl sites for hydroxylation is 1. The van der Waals surface area contributed by atoms with Crippen LogP contribution in [0.4, 0.5) is 17.1 Å². The van der Waals surface area contributed by atoms with Gasteiger partial charge in [-0.15, -0.1) is 0 Å². The van der Waals surface area contributed by atoms with Crippen LogP contribution < -0.4 is 4.90 Å². The third kappa shape index (κ3) is 4.59. The van der Waals surface area contributed by atoms with Crippen molar-refractivity contribution in [3.63, 3.8) is 0 Å². The summed E-state index contributed by atoms with van der Waals surface area (Å²) < 4.78 is 14.5. The van der Waals surface area contributed by atoms with Crippen molar-refractivity contribution in [1.29, 1.82) is 0 Å². The van der Waals surface area contributed by atoms with Crippen molar-refractivity contribution in [1.82, 2.24) is 14.5 Å². The first-order valence-electron chi connectivity index (χ1n) is 17.7. The summed E-state index contributed by atoms with van der Waals surface area (Å²) in [7, 11) is 2.14. The second-order valence-corrected chi connectivity index (χ2v) is 13.5. The van der Waals surface area contributed by atoms with E-state index in [0.29, 0.717) is 0 Å². The number of fused-ring (bicyclic) bond motifs is 9. The fraction of sp³-hybridized carbons (Fsp3) is 0.0213. The first-order valence-corrected chi connectivity index (χ1v) is 17.7. The number of benzene rings is 6. The lowest BCUT2D eigenvalue weighted by Gasteiger charge is -2.27. The molecule has 11 aromatic rings. The van der Waals surface area contributed by atoms with E-state index < -0.39 is 0 Å². The predicted molar refractivity (Wildman–Crippen MR) is 216 cm³/mol. The highest BCUT2D eigenvalue weighted by atomic mass is 16.3. The van der Waals surface area contributed by atoms with Gasteiger partial charge in [0.05, 0.1) is 35.0 Å². The number of pyridine rings is 2. The molecular formula is C47H30N4O2. The second-order valence-electron chi connectivity index (χ2n) is 13.5. The summed E-state index contributed by atoms with van der Waals surface area (Å²) in [6, 6.07) is 53.0. The summed E-state index contributed by atoms with van der Waals surface area (Å²) in [6.07, 6.45) is 3.67. The van der Waals surface area contributed by atoms with Crippen LogP contribution in [-0.4, -0.2) is 14.5 Å². The highest BCUT2D eigenvalue weighted by Crippen LogP contribution is 2.44. The zero-order valence-corrected chi connectivity index (χ0v) is 28.7. The van der Waals surface area contributed by atoms with Crippen LogP contribution in [0.3, 0.4) is 0 Å². The first-order chi connectivity index (χ1) is 26.2. The van der Waals surface area contributed by atoms with E-state index in [1.807, 2.05) is 48.8 Å². The summed E-state index contributed by atoms with van der Waals surface area (Å²) in [4.78, 5) is 12.1. The molecule has 0 saturated carbocycles. The van der Waals surface area contributed by atoms with Gasteiger partial charge in [-0.05, 0) is 66.7 Å². The van der Waals surface area contributed by atoms with Crippen LogP contribution >= 0.6 is 0 Å². The lowest BCUT2D eigenvalue weighted by atomic mass is 10.0. The monoisotopic (exact) mass is 682 g/mol. The molecule has 6 nitrogen and oxygen atoms in total. The average Bonchev–Trinajstić information content (AvgIpc) is 3.87. The molecule has 0 N–H and O–H groups in total.